The molecule has 0 saturated carbocycles. The molecule has 0 spiro atoms. The number of aromatic nitrogens is 2. The van der Waals surface area contributed by atoms with Crippen LogP contribution in [0.4, 0.5) is 8.78 Å². The fraction of sp³-hybridized carbons (Fsp3) is 0.286. The summed E-state index contributed by atoms with van der Waals surface area (Å²) < 4.78 is 27.6. The molecule has 1 aromatic carbocycles. The van der Waals surface area contributed by atoms with Gasteiger partial charge in [0, 0.05) is 36.5 Å². The number of fused-ring (bicyclic) bond motifs is 1. The van der Waals surface area contributed by atoms with E-state index in [9.17, 15) is 13.6 Å². The van der Waals surface area contributed by atoms with Crippen molar-refractivity contribution in [2.24, 2.45) is 0 Å². The molecular weight excluding hydrogens is 332 g/mol. The van der Waals surface area contributed by atoms with Gasteiger partial charge in [-0.2, -0.15) is 0 Å². The van der Waals surface area contributed by atoms with Crippen LogP contribution < -0.4 is 5.56 Å². The molecule has 2 N–H and O–H groups in total. The molecule has 8 heteroatoms. The zero-order valence-electron chi connectivity index (χ0n) is 11.4. The molecule has 2 aromatic rings. The minimum atomic E-state index is -0.647. The lowest BCUT2D eigenvalue weighted by molar-refractivity contribution is 0.237. The number of hydrogen-bond acceptors (Lipinski definition) is 3. The van der Waals surface area contributed by atoms with E-state index in [4.69, 9.17) is 23.8 Å². The van der Waals surface area contributed by atoms with Crippen molar-refractivity contribution in [1.29, 1.82) is 0 Å². The number of nitrogens with zero attached hydrogens (tertiary/aromatic N) is 1. The molecule has 1 aliphatic rings. The van der Waals surface area contributed by atoms with Crippen LogP contribution >= 0.6 is 23.8 Å². The predicted molar refractivity (Wildman–Crippen MR) is 81.4 cm³/mol. The monoisotopic (exact) mass is 343 g/mol. The summed E-state index contributed by atoms with van der Waals surface area (Å²) in [7, 11) is 0. The molecule has 22 heavy (non-hydrogen) atoms. The third-order valence-corrected chi connectivity index (χ3v) is 4.32. The van der Waals surface area contributed by atoms with Gasteiger partial charge in [0.25, 0.3) is 5.56 Å². The van der Waals surface area contributed by atoms with Crippen LogP contribution in [-0.2, 0) is 19.5 Å². The van der Waals surface area contributed by atoms with Crippen molar-refractivity contribution in [3.05, 3.63) is 60.7 Å². The molecule has 116 valence electrons. The van der Waals surface area contributed by atoms with Crippen LogP contribution in [0.3, 0.4) is 0 Å². The molecule has 3 rings (SSSR count). The lowest BCUT2D eigenvalue weighted by Gasteiger charge is -2.28. The number of halogens is 3. The van der Waals surface area contributed by atoms with Gasteiger partial charge in [0.05, 0.1) is 5.02 Å². The van der Waals surface area contributed by atoms with Crippen molar-refractivity contribution in [2.75, 3.05) is 6.54 Å². The van der Waals surface area contributed by atoms with Gasteiger partial charge in [-0.15, -0.1) is 0 Å². The van der Waals surface area contributed by atoms with Gasteiger partial charge in [0.2, 0.25) is 0 Å². The van der Waals surface area contributed by atoms with Crippen LogP contribution in [0.15, 0.2) is 16.9 Å². The van der Waals surface area contributed by atoms with Crippen LogP contribution in [0.25, 0.3) is 0 Å². The number of aromatic amines is 2. The Hall–Kier alpha value is -1.57. The first-order valence-corrected chi connectivity index (χ1v) is 7.43. The molecule has 0 saturated heterocycles. The minimum absolute atomic E-state index is 0.119. The maximum Gasteiger partial charge on any atom is 0.255 e. The summed E-state index contributed by atoms with van der Waals surface area (Å²) in [5.74, 6) is -1.19. The SMILES string of the molecule is O=c1[nH]c(=S)[nH]c2c1CCN(Cc1c(F)ccc(F)c1Cl)C2. The summed E-state index contributed by atoms with van der Waals surface area (Å²) in [5.41, 5.74) is 1.27. The molecule has 0 bridgehead atoms. The van der Waals surface area contributed by atoms with Crippen molar-refractivity contribution in [3.8, 4) is 0 Å². The van der Waals surface area contributed by atoms with Crippen molar-refractivity contribution < 1.29 is 8.78 Å². The second-order valence-electron chi connectivity index (χ2n) is 5.15. The Morgan fingerprint density at radius 1 is 1.27 bits per heavy atom. The normalized spacial score (nSPS) is 14.9. The molecule has 0 amide bonds. The smallest absolute Gasteiger partial charge is 0.255 e. The summed E-state index contributed by atoms with van der Waals surface area (Å²) in [6.07, 6.45) is 0.505. The first-order valence-electron chi connectivity index (χ1n) is 6.65. The fourth-order valence-corrected chi connectivity index (χ4v) is 3.03. The Morgan fingerprint density at radius 3 is 2.77 bits per heavy atom. The Morgan fingerprint density at radius 2 is 2.00 bits per heavy atom. The fourth-order valence-electron chi connectivity index (χ4n) is 2.60. The first kappa shape index (κ1) is 15.3. The molecule has 0 unspecified atom stereocenters. The Labute approximate surface area is 134 Å². The van der Waals surface area contributed by atoms with Crippen LogP contribution in [0.5, 0.6) is 0 Å². The largest absolute Gasteiger partial charge is 0.334 e. The van der Waals surface area contributed by atoms with E-state index in [2.05, 4.69) is 9.97 Å². The van der Waals surface area contributed by atoms with Gasteiger partial charge in [-0.25, -0.2) is 8.78 Å². The van der Waals surface area contributed by atoms with Gasteiger partial charge in [0.15, 0.2) is 4.77 Å². The standard InChI is InChI=1S/C14H12ClF2N3OS/c15-12-8(9(16)1-2-10(12)17)5-20-4-3-7-11(6-20)18-14(22)19-13(7)21/h1-2H,3-6H2,(H2,18,19,21,22). The first-order chi connectivity index (χ1) is 10.5. The van der Waals surface area contributed by atoms with Gasteiger partial charge < -0.3 is 4.98 Å². The van der Waals surface area contributed by atoms with Crippen LogP contribution in [0.1, 0.15) is 16.8 Å². The Kier molecular flexibility index (Phi) is 4.12. The van der Waals surface area contributed by atoms with E-state index in [1.807, 2.05) is 4.90 Å². The van der Waals surface area contributed by atoms with Gasteiger partial charge >= 0.3 is 0 Å². The van der Waals surface area contributed by atoms with E-state index in [0.29, 0.717) is 30.8 Å². The van der Waals surface area contributed by atoms with Gasteiger partial charge in [0.1, 0.15) is 11.6 Å². The maximum atomic E-state index is 13.9. The number of nitrogens with one attached hydrogen (secondary N) is 2. The zero-order valence-corrected chi connectivity index (χ0v) is 13.0. The molecule has 4 nitrogen and oxygen atoms in total. The van der Waals surface area contributed by atoms with Gasteiger partial charge in [-0.1, -0.05) is 11.6 Å². The molecule has 0 aliphatic carbocycles. The zero-order chi connectivity index (χ0) is 15.9. The van der Waals surface area contributed by atoms with E-state index >= 15 is 0 Å². The van der Waals surface area contributed by atoms with Crippen LogP contribution in [0, 0.1) is 16.4 Å². The van der Waals surface area contributed by atoms with Gasteiger partial charge in [-0.3, -0.25) is 14.7 Å². The molecule has 1 aromatic heterocycles. The summed E-state index contributed by atoms with van der Waals surface area (Å²) in [6.45, 7) is 1.11. The van der Waals surface area contributed by atoms with Crippen LogP contribution in [-0.4, -0.2) is 21.4 Å². The molecule has 2 heterocycles. The van der Waals surface area contributed by atoms with E-state index in [-0.39, 0.29) is 27.5 Å². The highest BCUT2D eigenvalue weighted by Gasteiger charge is 2.22. The Bertz CT molecular complexity index is 849. The van der Waals surface area contributed by atoms with Crippen molar-refractivity contribution in [3.63, 3.8) is 0 Å². The quantitative estimate of drug-likeness (QED) is 0.651. The van der Waals surface area contributed by atoms with Crippen molar-refractivity contribution in [1.82, 2.24) is 14.9 Å². The predicted octanol–water partition coefficient (Wildman–Crippen LogP) is 2.92. The maximum absolute atomic E-state index is 13.9. The topological polar surface area (TPSA) is 51.9 Å². The van der Waals surface area contributed by atoms with Gasteiger partial charge in [-0.05, 0) is 30.8 Å². The van der Waals surface area contributed by atoms with E-state index in [0.717, 1.165) is 12.1 Å². The second kappa shape index (κ2) is 5.91. The number of hydrogen-bond donors (Lipinski definition) is 2. The lowest BCUT2D eigenvalue weighted by Crippen LogP contribution is -2.35. The van der Waals surface area contributed by atoms with Crippen LogP contribution in [0.2, 0.25) is 5.02 Å². The molecular formula is C14H12ClF2N3OS. The average molecular weight is 344 g/mol. The Balaban J connectivity index is 1.89. The van der Waals surface area contributed by atoms with Crippen molar-refractivity contribution in [2.45, 2.75) is 19.5 Å². The minimum Gasteiger partial charge on any atom is -0.334 e. The summed E-state index contributed by atoms with van der Waals surface area (Å²) >= 11 is 10.8. The summed E-state index contributed by atoms with van der Waals surface area (Å²) in [5, 5.41) is -0.204. The summed E-state index contributed by atoms with van der Waals surface area (Å²) in [6, 6.07) is 2.07. The molecule has 0 radical (unpaired) electrons. The number of benzene rings is 1. The van der Waals surface area contributed by atoms with Crippen molar-refractivity contribution >= 4 is 23.8 Å². The molecule has 0 fully saturated rings. The lowest BCUT2D eigenvalue weighted by atomic mass is 10.1. The summed E-state index contributed by atoms with van der Waals surface area (Å²) in [4.78, 5) is 19.2. The third-order valence-electron chi connectivity index (χ3n) is 3.71. The van der Waals surface area contributed by atoms with E-state index < -0.39 is 11.6 Å². The number of H-pyrrole nitrogens is 2. The highest BCUT2D eigenvalue weighted by Crippen LogP contribution is 2.26. The van der Waals surface area contributed by atoms with E-state index in [1.54, 1.807) is 0 Å². The molecule has 1 aliphatic heterocycles. The molecule has 0 atom stereocenters. The number of rotatable bonds is 2. The third kappa shape index (κ3) is 2.84. The average Bonchev–Trinajstić information content (AvgIpc) is 2.47. The second-order valence-corrected chi connectivity index (χ2v) is 5.93. The highest BCUT2D eigenvalue weighted by atomic mass is 35.5. The van der Waals surface area contributed by atoms with E-state index in [1.165, 1.54) is 0 Å². The highest BCUT2D eigenvalue weighted by molar-refractivity contribution is 7.71.